The predicted molar refractivity (Wildman–Crippen MR) is 59.9 cm³/mol. The van der Waals surface area contributed by atoms with Gasteiger partial charge < -0.3 is 10.2 Å². The number of imide groups is 1. The Labute approximate surface area is 100 Å². The zero-order chi connectivity index (χ0) is 12.5. The predicted octanol–water partition coefficient (Wildman–Crippen LogP) is 0.0490. The van der Waals surface area contributed by atoms with Crippen LogP contribution in [0.5, 0.6) is 0 Å². The highest BCUT2D eigenvalue weighted by atomic mass is 16.3. The van der Waals surface area contributed by atoms with Gasteiger partial charge in [-0.2, -0.15) is 0 Å². The molecule has 1 spiro atoms. The average molecular weight is 241 g/mol. The molecule has 0 aromatic rings. The fourth-order valence-electron chi connectivity index (χ4n) is 2.93. The Morgan fingerprint density at radius 1 is 1.24 bits per heavy atom. The van der Waals surface area contributed by atoms with Crippen LogP contribution in [-0.4, -0.2) is 46.2 Å². The maximum Gasteiger partial charge on any atom is 0.235 e. The zero-order valence-electron chi connectivity index (χ0n) is 9.89. The SMILES string of the molecule is O=C1CC2(CCCCC2)C(=O)N1CC(O)CO. The third-order valence-corrected chi connectivity index (χ3v) is 3.90. The van der Waals surface area contributed by atoms with Gasteiger partial charge in [0.2, 0.25) is 11.8 Å². The van der Waals surface area contributed by atoms with Crippen molar-refractivity contribution in [2.45, 2.75) is 44.6 Å². The van der Waals surface area contributed by atoms with Crippen molar-refractivity contribution in [3.63, 3.8) is 0 Å². The summed E-state index contributed by atoms with van der Waals surface area (Å²) < 4.78 is 0. The molecular formula is C12H19NO4. The molecule has 1 aliphatic carbocycles. The molecule has 1 heterocycles. The maximum atomic E-state index is 12.3. The first-order valence-corrected chi connectivity index (χ1v) is 6.23. The molecule has 2 N–H and O–H groups in total. The van der Waals surface area contributed by atoms with E-state index in [4.69, 9.17) is 5.11 Å². The average Bonchev–Trinajstić information content (AvgIpc) is 2.55. The Balaban J connectivity index is 2.10. The first-order valence-electron chi connectivity index (χ1n) is 6.23. The molecular weight excluding hydrogens is 222 g/mol. The lowest BCUT2D eigenvalue weighted by atomic mass is 9.73. The molecule has 0 aromatic carbocycles. The van der Waals surface area contributed by atoms with Crippen LogP contribution in [0.15, 0.2) is 0 Å². The minimum atomic E-state index is -1.03. The molecule has 1 saturated carbocycles. The lowest BCUT2D eigenvalue weighted by Crippen LogP contribution is -2.41. The second-order valence-electron chi connectivity index (χ2n) is 5.16. The minimum absolute atomic E-state index is 0.0735. The fraction of sp³-hybridized carbons (Fsp3) is 0.833. The molecule has 5 nitrogen and oxygen atoms in total. The highest BCUT2D eigenvalue weighted by molar-refractivity contribution is 6.05. The van der Waals surface area contributed by atoms with Crippen LogP contribution in [0.2, 0.25) is 0 Å². The van der Waals surface area contributed by atoms with E-state index in [2.05, 4.69) is 0 Å². The summed E-state index contributed by atoms with van der Waals surface area (Å²) >= 11 is 0. The maximum absolute atomic E-state index is 12.3. The van der Waals surface area contributed by atoms with E-state index in [1.165, 1.54) is 0 Å². The van der Waals surface area contributed by atoms with Crippen LogP contribution in [-0.2, 0) is 9.59 Å². The second-order valence-corrected chi connectivity index (χ2v) is 5.16. The summed E-state index contributed by atoms with van der Waals surface area (Å²) in [5, 5.41) is 18.1. The van der Waals surface area contributed by atoms with E-state index in [0.717, 1.165) is 37.0 Å². The molecule has 0 radical (unpaired) electrons. The van der Waals surface area contributed by atoms with Gasteiger partial charge in [-0.3, -0.25) is 14.5 Å². The molecule has 1 atom stereocenters. The van der Waals surface area contributed by atoms with Crippen LogP contribution in [0.25, 0.3) is 0 Å². The third-order valence-electron chi connectivity index (χ3n) is 3.90. The van der Waals surface area contributed by atoms with E-state index in [0.29, 0.717) is 0 Å². The molecule has 0 bridgehead atoms. The molecule has 1 unspecified atom stereocenters. The van der Waals surface area contributed by atoms with Crippen molar-refractivity contribution in [3.8, 4) is 0 Å². The quantitative estimate of drug-likeness (QED) is 0.684. The summed E-state index contributed by atoms with van der Waals surface area (Å²) in [5.74, 6) is -0.348. The van der Waals surface area contributed by atoms with Crippen molar-refractivity contribution in [1.29, 1.82) is 0 Å². The number of aliphatic hydroxyl groups excluding tert-OH is 2. The lowest BCUT2D eigenvalue weighted by molar-refractivity contribution is -0.144. The number of rotatable bonds is 3. The highest BCUT2D eigenvalue weighted by Crippen LogP contribution is 2.45. The summed E-state index contributed by atoms with van der Waals surface area (Å²) in [6.07, 6.45) is 3.94. The molecule has 0 aromatic heterocycles. The minimum Gasteiger partial charge on any atom is -0.394 e. The molecule has 1 aliphatic heterocycles. The second kappa shape index (κ2) is 4.74. The number of likely N-dealkylation sites (tertiary alicyclic amines) is 1. The van der Waals surface area contributed by atoms with Gasteiger partial charge in [0.25, 0.3) is 0 Å². The Hall–Kier alpha value is -0.940. The summed E-state index contributed by atoms with van der Waals surface area (Å²) in [4.78, 5) is 25.2. The molecule has 2 rings (SSSR count). The number of β-amino-alcohol motifs (C(OH)–C–C–N with tert-alkyl or cyclic N) is 1. The third kappa shape index (κ3) is 2.21. The summed E-state index contributed by atoms with van der Waals surface area (Å²) in [6.45, 7) is -0.500. The van der Waals surface area contributed by atoms with Crippen LogP contribution in [0.1, 0.15) is 38.5 Å². The van der Waals surface area contributed by atoms with E-state index in [-0.39, 0.29) is 24.8 Å². The number of hydrogen-bond acceptors (Lipinski definition) is 4. The van der Waals surface area contributed by atoms with E-state index >= 15 is 0 Å². The van der Waals surface area contributed by atoms with Crippen LogP contribution in [0, 0.1) is 5.41 Å². The van der Waals surface area contributed by atoms with Gasteiger partial charge in [-0.25, -0.2) is 0 Å². The first kappa shape index (κ1) is 12.5. The van der Waals surface area contributed by atoms with E-state index in [1.807, 2.05) is 0 Å². The zero-order valence-corrected chi connectivity index (χ0v) is 9.89. The van der Waals surface area contributed by atoms with E-state index < -0.39 is 18.1 Å². The van der Waals surface area contributed by atoms with E-state index in [9.17, 15) is 14.7 Å². The summed E-state index contributed by atoms with van der Waals surface area (Å²) in [6, 6.07) is 0. The van der Waals surface area contributed by atoms with Crippen molar-refractivity contribution in [2.75, 3.05) is 13.2 Å². The lowest BCUT2D eigenvalue weighted by Gasteiger charge is -2.30. The van der Waals surface area contributed by atoms with Crippen molar-refractivity contribution in [3.05, 3.63) is 0 Å². The van der Waals surface area contributed by atoms with Gasteiger partial charge in [0, 0.05) is 6.42 Å². The van der Waals surface area contributed by atoms with Gasteiger partial charge in [0.15, 0.2) is 0 Å². The van der Waals surface area contributed by atoms with Gasteiger partial charge in [-0.15, -0.1) is 0 Å². The monoisotopic (exact) mass is 241 g/mol. The molecule has 2 fully saturated rings. The fourth-order valence-corrected chi connectivity index (χ4v) is 2.93. The Bertz CT molecular complexity index is 322. The topological polar surface area (TPSA) is 77.8 Å². The Morgan fingerprint density at radius 2 is 1.88 bits per heavy atom. The molecule has 1 saturated heterocycles. The Kier molecular flexibility index (Phi) is 3.49. The Morgan fingerprint density at radius 3 is 2.47 bits per heavy atom. The largest absolute Gasteiger partial charge is 0.394 e. The number of carbonyl (C=O) groups is 2. The number of amides is 2. The molecule has 17 heavy (non-hydrogen) atoms. The van der Waals surface area contributed by atoms with Gasteiger partial charge in [-0.05, 0) is 12.8 Å². The number of carbonyl (C=O) groups excluding carboxylic acids is 2. The molecule has 5 heteroatoms. The van der Waals surface area contributed by atoms with Crippen LogP contribution in [0.4, 0.5) is 0 Å². The van der Waals surface area contributed by atoms with Crippen molar-refractivity contribution in [1.82, 2.24) is 4.90 Å². The number of nitrogens with zero attached hydrogens (tertiary/aromatic N) is 1. The van der Waals surface area contributed by atoms with Gasteiger partial charge >= 0.3 is 0 Å². The number of hydrogen-bond donors (Lipinski definition) is 2. The molecule has 96 valence electrons. The van der Waals surface area contributed by atoms with Gasteiger partial charge in [0.1, 0.15) is 0 Å². The van der Waals surface area contributed by atoms with Crippen LogP contribution < -0.4 is 0 Å². The van der Waals surface area contributed by atoms with E-state index in [1.54, 1.807) is 0 Å². The normalized spacial score (nSPS) is 25.6. The van der Waals surface area contributed by atoms with Crippen LogP contribution >= 0.6 is 0 Å². The van der Waals surface area contributed by atoms with Crippen molar-refractivity contribution >= 4 is 11.8 Å². The summed E-state index contributed by atoms with van der Waals surface area (Å²) in [7, 11) is 0. The molecule has 2 amide bonds. The van der Waals surface area contributed by atoms with Gasteiger partial charge in [-0.1, -0.05) is 19.3 Å². The molecule has 2 aliphatic rings. The van der Waals surface area contributed by atoms with Crippen LogP contribution in [0.3, 0.4) is 0 Å². The van der Waals surface area contributed by atoms with Gasteiger partial charge in [0.05, 0.1) is 24.7 Å². The number of aliphatic hydroxyl groups is 2. The van der Waals surface area contributed by atoms with Crippen molar-refractivity contribution in [2.24, 2.45) is 5.41 Å². The summed E-state index contributed by atoms with van der Waals surface area (Å²) in [5.41, 5.74) is -0.496. The first-order chi connectivity index (χ1) is 8.09. The smallest absolute Gasteiger partial charge is 0.235 e. The standard InChI is InChI=1S/C12H19NO4/c14-8-9(15)7-13-10(16)6-12(11(13)17)4-2-1-3-5-12/h9,14-15H,1-8H2. The van der Waals surface area contributed by atoms with Crippen molar-refractivity contribution < 1.29 is 19.8 Å². The highest BCUT2D eigenvalue weighted by Gasteiger charge is 2.51.